The van der Waals surface area contributed by atoms with Gasteiger partial charge in [-0.15, -0.1) is 0 Å². The lowest BCUT2D eigenvalue weighted by Crippen LogP contribution is -2.60. The van der Waals surface area contributed by atoms with Gasteiger partial charge in [-0.25, -0.2) is 0 Å². The summed E-state index contributed by atoms with van der Waals surface area (Å²) in [6, 6.07) is 0. The molecular formula is C3H13NO3Si3. The Bertz CT molecular complexity index is 120. The molecule has 0 radical (unpaired) electrons. The van der Waals surface area contributed by atoms with Crippen LogP contribution in [-0.2, 0) is 12.3 Å². The molecule has 1 fully saturated rings. The van der Waals surface area contributed by atoms with Gasteiger partial charge in [-0.1, -0.05) is 0 Å². The van der Waals surface area contributed by atoms with E-state index in [1.54, 1.807) is 0 Å². The first-order valence-electron chi connectivity index (χ1n) is 3.29. The fourth-order valence-electron chi connectivity index (χ4n) is 1.01. The zero-order chi connectivity index (χ0) is 7.78. The molecule has 1 rings (SSSR count). The van der Waals surface area contributed by atoms with Crippen molar-refractivity contribution in [2.75, 3.05) is 0 Å². The second kappa shape index (κ2) is 2.85. The minimum atomic E-state index is -2.22. The molecular weight excluding hydrogens is 182 g/mol. The Morgan fingerprint density at radius 3 is 1.90 bits per heavy atom. The fraction of sp³-hybridized carbons (Fsp3) is 1.00. The normalized spacial score (nSPS) is 49.2. The van der Waals surface area contributed by atoms with Gasteiger partial charge in [0.1, 0.15) is 0 Å². The first-order chi connectivity index (χ1) is 4.49. The third-order valence-corrected chi connectivity index (χ3v) is 10.6. The minimum Gasteiger partial charge on any atom is -0.420 e. The summed E-state index contributed by atoms with van der Waals surface area (Å²) in [5, 5.41) is 5.74. The molecule has 10 heavy (non-hydrogen) atoms. The molecule has 0 aromatic rings. The maximum Gasteiger partial charge on any atom is 0.400 e. The van der Waals surface area contributed by atoms with Crippen LogP contribution in [0.4, 0.5) is 0 Å². The Labute approximate surface area is 65.3 Å². The molecule has 2 unspecified atom stereocenters. The van der Waals surface area contributed by atoms with Crippen LogP contribution in [0, 0.1) is 0 Å². The summed E-state index contributed by atoms with van der Waals surface area (Å²) in [6.07, 6.45) is 0. The van der Waals surface area contributed by atoms with Gasteiger partial charge in [0.05, 0.1) is 0 Å². The molecule has 60 valence electrons. The van der Waals surface area contributed by atoms with Crippen LogP contribution in [0.15, 0.2) is 0 Å². The topological polar surface area (TPSA) is 53.7 Å². The van der Waals surface area contributed by atoms with E-state index in [0.717, 1.165) is 0 Å². The fourth-order valence-corrected chi connectivity index (χ4v) is 10.6. The highest BCUT2D eigenvalue weighted by Crippen LogP contribution is 2.11. The summed E-state index contributed by atoms with van der Waals surface area (Å²) < 4.78 is 16.2. The number of hydrogen-bond acceptors (Lipinski definition) is 4. The predicted octanol–water partition coefficient (Wildman–Crippen LogP) is -0.722. The van der Waals surface area contributed by atoms with Gasteiger partial charge in [0.25, 0.3) is 0 Å². The molecule has 1 aliphatic heterocycles. The quantitative estimate of drug-likeness (QED) is 0.518. The van der Waals surface area contributed by atoms with Crippen LogP contribution < -0.4 is 5.40 Å². The molecule has 7 heteroatoms. The molecule has 2 N–H and O–H groups in total. The zero-order valence-electron chi connectivity index (χ0n) is 6.46. The van der Waals surface area contributed by atoms with E-state index in [1.807, 2.05) is 19.6 Å². The monoisotopic (exact) mass is 195 g/mol. The Balaban J connectivity index is 2.51. The highest BCUT2D eigenvalue weighted by atomic mass is 28.5. The molecule has 4 nitrogen and oxygen atoms in total. The van der Waals surface area contributed by atoms with E-state index < -0.39 is 27.3 Å². The summed E-state index contributed by atoms with van der Waals surface area (Å²) in [6.45, 7) is 5.84. The molecule has 1 heterocycles. The second-order valence-electron chi connectivity index (χ2n) is 2.52. The average Bonchev–Trinajstić information content (AvgIpc) is 1.54. The largest absolute Gasteiger partial charge is 0.420 e. The first-order valence-corrected chi connectivity index (χ1v) is 9.88. The van der Waals surface area contributed by atoms with Crippen LogP contribution in [0.2, 0.25) is 19.6 Å². The molecule has 0 spiro atoms. The summed E-state index contributed by atoms with van der Waals surface area (Å²) >= 11 is 0. The maximum atomic E-state index is 5.74. The van der Waals surface area contributed by atoms with Crippen molar-refractivity contribution in [1.29, 1.82) is 0 Å². The second-order valence-corrected chi connectivity index (χ2v) is 9.80. The Kier molecular flexibility index (Phi) is 2.45. The highest BCUT2D eigenvalue weighted by Gasteiger charge is 2.37. The van der Waals surface area contributed by atoms with E-state index in [0.29, 0.717) is 0 Å². The van der Waals surface area contributed by atoms with Gasteiger partial charge in [-0.3, -0.25) is 0 Å². The van der Waals surface area contributed by atoms with Crippen LogP contribution in [0.5, 0.6) is 0 Å². The molecule has 0 amide bonds. The van der Waals surface area contributed by atoms with Gasteiger partial charge in [0.2, 0.25) is 0 Å². The highest BCUT2D eigenvalue weighted by molar-refractivity contribution is 6.80. The van der Waals surface area contributed by atoms with Gasteiger partial charge in [0, 0.05) is 0 Å². The SMILES string of the molecule is C[SiH]1O[SiH](C)O[Si](C)(N)O1. The summed E-state index contributed by atoms with van der Waals surface area (Å²) in [5.41, 5.74) is 0. The van der Waals surface area contributed by atoms with E-state index in [1.165, 1.54) is 0 Å². The molecule has 0 bridgehead atoms. The summed E-state index contributed by atoms with van der Waals surface area (Å²) in [5.74, 6) is 0. The van der Waals surface area contributed by atoms with Crippen LogP contribution in [0.25, 0.3) is 0 Å². The third-order valence-electron chi connectivity index (χ3n) is 1.18. The van der Waals surface area contributed by atoms with Gasteiger partial charge in [-0.05, 0) is 19.6 Å². The molecule has 0 aromatic carbocycles. The Morgan fingerprint density at radius 1 is 1.20 bits per heavy atom. The smallest absolute Gasteiger partial charge is 0.400 e. The first kappa shape index (κ1) is 8.59. The van der Waals surface area contributed by atoms with Crippen molar-refractivity contribution >= 4 is 27.3 Å². The summed E-state index contributed by atoms with van der Waals surface area (Å²) in [7, 11) is -5.03. The van der Waals surface area contributed by atoms with Crippen molar-refractivity contribution in [3.63, 3.8) is 0 Å². The van der Waals surface area contributed by atoms with Crippen molar-refractivity contribution in [2.45, 2.75) is 19.6 Å². The predicted molar refractivity (Wildman–Crippen MR) is 45.1 cm³/mol. The van der Waals surface area contributed by atoms with Crippen molar-refractivity contribution < 1.29 is 12.3 Å². The molecule has 1 aliphatic rings. The molecule has 0 aromatic heterocycles. The molecule has 1 saturated heterocycles. The molecule has 0 aliphatic carbocycles. The van der Waals surface area contributed by atoms with E-state index in [9.17, 15) is 0 Å². The Hall–Kier alpha value is 0.491. The zero-order valence-corrected chi connectivity index (χ0v) is 9.77. The number of rotatable bonds is 0. The van der Waals surface area contributed by atoms with Crippen molar-refractivity contribution in [3.05, 3.63) is 0 Å². The van der Waals surface area contributed by atoms with Crippen LogP contribution in [0.3, 0.4) is 0 Å². The molecule has 2 atom stereocenters. The van der Waals surface area contributed by atoms with Gasteiger partial charge >= 0.3 is 27.3 Å². The minimum absolute atomic E-state index is 1.40. The van der Waals surface area contributed by atoms with Gasteiger partial charge in [0.15, 0.2) is 0 Å². The number of hydrogen-bond donors (Lipinski definition) is 1. The molecule has 0 saturated carbocycles. The lowest BCUT2D eigenvalue weighted by atomic mass is 11.9. The van der Waals surface area contributed by atoms with Crippen LogP contribution in [-0.4, -0.2) is 27.3 Å². The van der Waals surface area contributed by atoms with Crippen molar-refractivity contribution in [1.82, 2.24) is 0 Å². The summed E-state index contributed by atoms with van der Waals surface area (Å²) in [4.78, 5) is 0. The standard InChI is InChI=1S/C3H13NO3Si3/c1-8-5-9(2)7-10(3,4)6-8/h8-9H,4H2,1-3H3. The lowest BCUT2D eigenvalue weighted by molar-refractivity contribution is 0.269. The lowest BCUT2D eigenvalue weighted by Gasteiger charge is -2.35. The van der Waals surface area contributed by atoms with Gasteiger partial charge < -0.3 is 17.7 Å². The van der Waals surface area contributed by atoms with Crippen LogP contribution >= 0.6 is 0 Å². The van der Waals surface area contributed by atoms with Crippen molar-refractivity contribution in [2.24, 2.45) is 5.40 Å². The van der Waals surface area contributed by atoms with E-state index in [2.05, 4.69) is 0 Å². The van der Waals surface area contributed by atoms with Crippen LogP contribution in [0.1, 0.15) is 0 Å². The van der Waals surface area contributed by atoms with Gasteiger partial charge in [-0.2, -0.15) is 0 Å². The average molecular weight is 195 g/mol. The maximum absolute atomic E-state index is 5.74. The van der Waals surface area contributed by atoms with E-state index in [-0.39, 0.29) is 0 Å². The van der Waals surface area contributed by atoms with Crippen molar-refractivity contribution in [3.8, 4) is 0 Å². The third kappa shape index (κ3) is 2.27. The number of nitrogens with two attached hydrogens (primary N) is 1. The Morgan fingerprint density at radius 2 is 1.60 bits per heavy atom. The van der Waals surface area contributed by atoms with E-state index >= 15 is 0 Å². The van der Waals surface area contributed by atoms with E-state index in [4.69, 9.17) is 17.7 Å².